The lowest BCUT2D eigenvalue weighted by atomic mass is 10.1. The molecule has 0 aliphatic heterocycles. The first-order valence-electron chi connectivity index (χ1n) is 5.43. The normalized spacial score (nSPS) is 10.1. The Balaban J connectivity index is 2.26. The predicted octanol–water partition coefficient (Wildman–Crippen LogP) is 1.85. The van der Waals surface area contributed by atoms with Crippen molar-refractivity contribution >= 4 is 21.8 Å². The summed E-state index contributed by atoms with van der Waals surface area (Å²) in [5, 5.41) is 2.87. The van der Waals surface area contributed by atoms with Gasteiger partial charge in [-0.2, -0.15) is 0 Å². The van der Waals surface area contributed by atoms with Gasteiger partial charge in [0.05, 0.1) is 6.42 Å². The Labute approximate surface area is 105 Å². The molecule has 1 rings (SSSR count). The molecular formula is C12H17BrN2O. The van der Waals surface area contributed by atoms with Crippen LogP contribution in [0.2, 0.25) is 0 Å². The lowest BCUT2D eigenvalue weighted by molar-refractivity contribution is -0.120. The number of nitrogens with two attached hydrogens (primary N) is 1. The van der Waals surface area contributed by atoms with E-state index in [0.29, 0.717) is 19.5 Å². The minimum absolute atomic E-state index is 0.0688. The van der Waals surface area contributed by atoms with E-state index < -0.39 is 0 Å². The molecule has 0 atom stereocenters. The molecule has 0 unspecified atom stereocenters. The molecule has 0 radical (unpaired) electrons. The molecule has 0 aromatic heterocycles. The zero-order valence-corrected chi connectivity index (χ0v) is 10.8. The van der Waals surface area contributed by atoms with Crippen LogP contribution in [-0.2, 0) is 11.2 Å². The molecule has 0 heterocycles. The molecule has 16 heavy (non-hydrogen) atoms. The number of amides is 1. The van der Waals surface area contributed by atoms with Crippen molar-refractivity contribution in [2.24, 2.45) is 5.73 Å². The van der Waals surface area contributed by atoms with Crippen molar-refractivity contribution < 1.29 is 4.79 Å². The summed E-state index contributed by atoms with van der Waals surface area (Å²) < 4.78 is 1.03. The fourth-order valence-electron chi connectivity index (χ4n) is 1.35. The minimum atomic E-state index is 0.0688. The zero-order valence-electron chi connectivity index (χ0n) is 9.21. The van der Waals surface area contributed by atoms with Crippen molar-refractivity contribution in [2.45, 2.75) is 19.3 Å². The smallest absolute Gasteiger partial charge is 0.224 e. The molecule has 0 saturated carbocycles. The van der Waals surface area contributed by atoms with Crippen molar-refractivity contribution in [2.75, 3.05) is 13.1 Å². The maximum absolute atomic E-state index is 11.5. The highest BCUT2D eigenvalue weighted by Crippen LogP contribution is 2.10. The molecule has 1 amide bonds. The third kappa shape index (κ3) is 5.28. The predicted molar refractivity (Wildman–Crippen MR) is 69.1 cm³/mol. The lowest BCUT2D eigenvalue weighted by Gasteiger charge is -2.04. The molecule has 3 nitrogen and oxygen atoms in total. The summed E-state index contributed by atoms with van der Waals surface area (Å²) in [6.07, 6.45) is 2.34. The van der Waals surface area contributed by atoms with Crippen LogP contribution in [0.15, 0.2) is 28.7 Å². The minimum Gasteiger partial charge on any atom is -0.356 e. The van der Waals surface area contributed by atoms with E-state index in [0.717, 1.165) is 22.9 Å². The average Bonchev–Trinajstić information content (AvgIpc) is 2.28. The molecule has 0 spiro atoms. The molecule has 0 aliphatic carbocycles. The van der Waals surface area contributed by atoms with E-state index in [4.69, 9.17) is 5.73 Å². The number of halogens is 1. The van der Waals surface area contributed by atoms with E-state index in [1.165, 1.54) is 0 Å². The van der Waals surface area contributed by atoms with Crippen molar-refractivity contribution in [3.63, 3.8) is 0 Å². The molecule has 4 heteroatoms. The van der Waals surface area contributed by atoms with Crippen LogP contribution in [-0.4, -0.2) is 19.0 Å². The van der Waals surface area contributed by atoms with Gasteiger partial charge in [0.1, 0.15) is 0 Å². The van der Waals surface area contributed by atoms with Gasteiger partial charge in [-0.1, -0.05) is 28.1 Å². The first kappa shape index (κ1) is 13.2. The van der Waals surface area contributed by atoms with Crippen LogP contribution in [0.25, 0.3) is 0 Å². The van der Waals surface area contributed by atoms with Gasteiger partial charge in [0.15, 0.2) is 0 Å². The number of rotatable bonds is 6. The fourth-order valence-corrected chi connectivity index (χ4v) is 1.61. The van der Waals surface area contributed by atoms with Gasteiger partial charge in [0.2, 0.25) is 5.91 Å². The Morgan fingerprint density at radius 3 is 2.56 bits per heavy atom. The topological polar surface area (TPSA) is 55.1 Å². The quantitative estimate of drug-likeness (QED) is 0.784. The highest BCUT2D eigenvalue weighted by Gasteiger charge is 2.02. The SMILES string of the molecule is NCCCCNC(=O)Cc1ccc(Br)cc1. The second-order valence-electron chi connectivity index (χ2n) is 3.65. The number of hydrogen-bond acceptors (Lipinski definition) is 2. The first-order valence-corrected chi connectivity index (χ1v) is 6.23. The molecule has 0 aliphatic rings. The van der Waals surface area contributed by atoms with Gasteiger partial charge in [0, 0.05) is 11.0 Å². The van der Waals surface area contributed by atoms with E-state index in [1.807, 2.05) is 24.3 Å². The van der Waals surface area contributed by atoms with E-state index in [1.54, 1.807) is 0 Å². The van der Waals surface area contributed by atoms with Crippen LogP contribution in [0, 0.1) is 0 Å². The van der Waals surface area contributed by atoms with Crippen LogP contribution >= 0.6 is 15.9 Å². The van der Waals surface area contributed by atoms with Crippen LogP contribution in [0.3, 0.4) is 0 Å². The Morgan fingerprint density at radius 1 is 1.25 bits per heavy atom. The number of nitrogens with one attached hydrogen (secondary N) is 1. The maximum Gasteiger partial charge on any atom is 0.224 e. The molecule has 1 aromatic carbocycles. The largest absolute Gasteiger partial charge is 0.356 e. The summed E-state index contributed by atoms with van der Waals surface area (Å²) in [4.78, 5) is 11.5. The molecule has 1 aromatic rings. The van der Waals surface area contributed by atoms with Crippen molar-refractivity contribution in [1.29, 1.82) is 0 Å². The summed E-state index contributed by atoms with van der Waals surface area (Å²) in [7, 11) is 0. The molecule has 88 valence electrons. The highest BCUT2D eigenvalue weighted by molar-refractivity contribution is 9.10. The number of carbonyl (C=O) groups is 1. The standard InChI is InChI=1S/C12H17BrN2O/c13-11-5-3-10(4-6-11)9-12(16)15-8-2-1-7-14/h3-6H,1-2,7-9,14H2,(H,15,16). The monoisotopic (exact) mass is 284 g/mol. The Morgan fingerprint density at radius 2 is 1.94 bits per heavy atom. The van der Waals surface area contributed by atoms with Gasteiger partial charge in [0.25, 0.3) is 0 Å². The van der Waals surface area contributed by atoms with Gasteiger partial charge in [-0.15, -0.1) is 0 Å². The van der Waals surface area contributed by atoms with Crippen LogP contribution in [0.1, 0.15) is 18.4 Å². The zero-order chi connectivity index (χ0) is 11.8. The van der Waals surface area contributed by atoms with Gasteiger partial charge in [-0.05, 0) is 37.1 Å². The second kappa shape index (κ2) is 7.41. The summed E-state index contributed by atoms with van der Waals surface area (Å²) in [6, 6.07) is 7.78. The number of unbranched alkanes of at least 4 members (excludes halogenated alkanes) is 1. The van der Waals surface area contributed by atoms with E-state index >= 15 is 0 Å². The van der Waals surface area contributed by atoms with Gasteiger partial charge in [-0.3, -0.25) is 4.79 Å². The fraction of sp³-hybridized carbons (Fsp3) is 0.417. The molecule has 0 saturated heterocycles. The average molecular weight is 285 g/mol. The van der Waals surface area contributed by atoms with E-state index in [9.17, 15) is 4.79 Å². The van der Waals surface area contributed by atoms with Gasteiger partial charge in [-0.25, -0.2) is 0 Å². The third-order valence-corrected chi connectivity index (χ3v) is 2.76. The lowest BCUT2D eigenvalue weighted by Crippen LogP contribution is -2.26. The Kier molecular flexibility index (Phi) is 6.11. The molecule has 0 fully saturated rings. The number of hydrogen-bond donors (Lipinski definition) is 2. The van der Waals surface area contributed by atoms with Gasteiger partial charge < -0.3 is 11.1 Å². The molecule has 0 bridgehead atoms. The summed E-state index contributed by atoms with van der Waals surface area (Å²) in [5.41, 5.74) is 6.39. The Bertz CT molecular complexity index is 324. The van der Waals surface area contributed by atoms with Crippen molar-refractivity contribution in [1.82, 2.24) is 5.32 Å². The second-order valence-corrected chi connectivity index (χ2v) is 4.56. The Hall–Kier alpha value is -0.870. The molecular weight excluding hydrogens is 268 g/mol. The van der Waals surface area contributed by atoms with Crippen LogP contribution in [0.4, 0.5) is 0 Å². The first-order chi connectivity index (χ1) is 7.72. The summed E-state index contributed by atoms with van der Waals surface area (Å²) in [6.45, 7) is 1.40. The van der Waals surface area contributed by atoms with Crippen LogP contribution < -0.4 is 11.1 Å². The third-order valence-electron chi connectivity index (χ3n) is 2.23. The molecule has 3 N–H and O–H groups in total. The van der Waals surface area contributed by atoms with Gasteiger partial charge >= 0.3 is 0 Å². The summed E-state index contributed by atoms with van der Waals surface area (Å²) in [5.74, 6) is 0.0688. The number of benzene rings is 1. The summed E-state index contributed by atoms with van der Waals surface area (Å²) >= 11 is 3.36. The number of carbonyl (C=O) groups excluding carboxylic acids is 1. The maximum atomic E-state index is 11.5. The highest BCUT2D eigenvalue weighted by atomic mass is 79.9. The van der Waals surface area contributed by atoms with Crippen molar-refractivity contribution in [3.8, 4) is 0 Å². The van der Waals surface area contributed by atoms with Crippen molar-refractivity contribution in [3.05, 3.63) is 34.3 Å². The van der Waals surface area contributed by atoms with Crippen LogP contribution in [0.5, 0.6) is 0 Å². The van der Waals surface area contributed by atoms with E-state index in [-0.39, 0.29) is 5.91 Å². The van der Waals surface area contributed by atoms with E-state index in [2.05, 4.69) is 21.2 Å².